The molecule has 0 aromatic heterocycles. The second-order valence-electron chi connectivity index (χ2n) is 6.38. The lowest BCUT2D eigenvalue weighted by molar-refractivity contribution is -0.117. The van der Waals surface area contributed by atoms with Crippen LogP contribution in [0.3, 0.4) is 0 Å². The number of nitrogens with two attached hydrogens (primary N) is 1. The number of hydrogen-bond acceptors (Lipinski definition) is 3. The minimum absolute atomic E-state index is 0.0401. The molecule has 4 nitrogen and oxygen atoms in total. The van der Waals surface area contributed by atoms with Crippen LogP contribution in [0, 0.1) is 5.92 Å². The summed E-state index contributed by atoms with van der Waals surface area (Å²) in [7, 11) is 0. The standard InChI is InChI=1S/C20H22N2O2/c21-18-11-5-8-15(18)13-19(23)22-17-10-4-9-16(12-17)20(24)14-6-2-1-3-7-14/h1-4,6-7,9-10,12,15,18H,5,8,11,13,21H2,(H,22,23)/t15-,18+/m0/s1. The molecule has 1 fully saturated rings. The molecule has 0 bridgehead atoms. The minimum Gasteiger partial charge on any atom is -0.327 e. The highest BCUT2D eigenvalue weighted by Gasteiger charge is 2.26. The average Bonchev–Trinajstić information content (AvgIpc) is 3.00. The summed E-state index contributed by atoms with van der Waals surface area (Å²) in [5.41, 5.74) is 7.87. The molecule has 1 aliphatic carbocycles. The molecule has 2 atom stereocenters. The van der Waals surface area contributed by atoms with Gasteiger partial charge in [0, 0.05) is 29.3 Å². The van der Waals surface area contributed by atoms with Crippen molar-refractivity contribution in [2.24, 2.45) is 11.7 Å². The summed E-state index contributed by atoms with van der Waals surface area (Å²) in [5, 5.41) is 2.89. The molecule has 0 unspecified atom stereocenters. The van der Waals surface area contributed by atoms with Crippen molar-refractivity contribution in [3.05, 3.63) is 65.7 Å². The quantitative estimate of drug-likeness (QED) is 0.829. The Morgan fingerprint density at radius 1 is 1.00 bits per heavy atom. The fourth-order valence-corrected chi connectivity index (χ4v) is 3.26. The third-order valence-corrected chi connectivity index (χ3v) is 4.61. The van der Waals surface area contributed by atoms with Gasteiger partial charge in [0.25, 0.3) is 0 Å². The summed E-state index contributed by atoms with van der Waals surface area (Å²) in [4.78, 5) is 24.7. The van der Waals surface area contributed by atoms with Gasteiger partial charge in [0.1, 0.15) is 0 Å². The molecule has 2 aromatic carbocycles. The van der Waals surface area contributed by atoms with Gasteiger partial charge in [0.2, 0.25) is 5.91 Å². The molecule has 1 amide bonds. The Hall–Kier alpha value is -2.46. The summed E-state index contributed by atoms with van der Waals surface area (Å²) in [5.74, 6) is 0.172. The molecule has 2 aromatic rings. The number of rotatable bonds is 5. The molecule has 1 aliphatic rings. The van der Waals surface area contributed by atoms with Crippen LogP contribution in [0.4, 0.5) is 5.69 Å². The Morgan fingerprint density at radius 3 is 2.46 bits per heavy atom. The molecular formula is C20H22N2O2. The van der Waals surface area contributed by atoms with Gasteiger partial charge >= 0.3 is 0 Å². The van der Waals surface area contributed by atoms with Crippen molar-refractivity contribution in [1.29, 1.82) is 0 Å². The van der Waals surface area contributed by atoms with Crippen LogP contribution in [0.1, 0.15) is 41.6 Å². The molecule has 0 spiro atoms. The Labute approximate surface area is 142 Å². The second kappa shape index (κ2) is 7.41. The van der Waals surface area contributed by atoms with Crippen LogP contribution in [-0.4, -0.2) is 17.7 Å². The van der Waals surface area contributed by atoms with Gasteiger partial charge in [-0.3, -0.25) is 9.59 Å². The van der Waals surface area contributed by atoms with Gasteiger partial charge in [-0.25, -0.2) is 0 Å². The van der Waals surface area contributed by atoms with Crippen LogP contribution in [0.2, 0.25) is 0 Å². The lowest BCUT2D eigenvalue weighted by Crippen LogP contribution is -2.28. The first-order valence-corrected chi connectivity index (χ1v) is 8.39. The van der Waals surface area contributed by atoms with Crippen molar-refractivity contribution >= 4 is 17.4 Å². The van der Waals surface area contributed by atoms with E-state index < -0.39 is 0 Å². The van der Waals surface area contributed by atoms with Gasteiger partial charge in [-0.1, -0.05) is 48.9 Å². The summed E-state index contributed by atoms with van der Waals surface area (Å²) in [6.07, 6.45) is 3.55. The Bertz CT molecular complexity index is 727. The SMILES string of the molecule is N[C@@H]1CCC[C@H]1CC(=O)Nc1cccc(C(=O)c2ccccc2)c1. The minimum atomic E-state index is -0.0514. The monoisotopic (exact) mass is 322 g/mol. The highest BCUT2D eigenvalue weighted by atomic mass is 16.1. The first kappa shape index (κ1) is 16.4. The van der Waals surface area contributed by atoms with Gasteiger partial charge in [0.05, 0.1) is 0 Å². The maximum Gasteiger partial charge on any atom is 0.224 e. The third-order valence-electron chi connectivity index (χ3n) is 4.61. The number of amides is 1. The van der Waals surface area contributed by atoms with Crippen LogP contribution in [0.15, 0.2) is 54.6 Å². The van der Waals surface area contributed by atoms with Crippen molar-refractivity contribution < 1.29 is 9.59 Å². The zero-order chi connectivity index (χ0) is 16.9. The summed E-state index contributed by atoms with van der Waals surface area (Å²) in [6.45, 7) is 0. The molecule has 4 heteroatoms. The predicted octanol–water partition coefficient (Wildman–Crippen LogP) is 3.37. The zero-order valence-electron chi connectivity index (χ0n) is 13.6. The van der Waals surface area contributed by atoms with Gasteiger partial charge in [0.15, 0.2) is 5.78 Å². The smallest absolute Gasteiger partial charge is 0.224 e. The fraction of sp³-hybridized carbons (Fsp3) is 0.300. The van der Waals surface area contributed by atoms with E-state index in [1.165, 1.54) is 0 Å². The van der Waals surface area contributed by atoms with E-state index in [4.69, 9.17) is 5.73 Å². The number of carbonyl (C=O) groups is 2. The van der Waals surface area contributed by atoms with Crippen LogP contribution in [0.5, 0.6) is 0 Å². The lowest BCUT2D eigenvalue weighted by Gasteiger charge is -2.15. The molecule has 0 heterocycles. The molecule has 0 saturated heterocycles. The first-order chi connectivity index (χ1) is 11.6. The van der Waals surface area contributed by atoms with Crippen LogP contribution >= 0.6 is 0 Å². The number of ketones is 1. The second-order valence-corrected chi connectivity index (χ2v) is 6.38. The van der Waals surface area contributed by atoms with E-state index in [1.807, 2.05) is 18.2 Å². The van der Waals surface area contributed by atoms with Crippen LogP contribution in [-0.2, 0) is 4.79 Å². The van der Waals surface area contributed by atoms with E-state index in [9.17, 15) is 9.59 Å². The normalized spacial score (nSPS) is 19.9. The van der Waals surface area contributed by atoms with E-state index in [0.29, 0.717) is 23.2 Å². The van der Waals surface area contributed by atoms with E-state index >= 15 is 0 Å². The highest BCUT2D eigenvalue weighted by molar-refractivity contribution is 6.09. The maximum atomic E-state index is 12.5. The van der Waals surface area contributed by atoms with E-state index in [1.54, 1.807) is 36.4 Å². The Kier molecular flexibility index (Phi) is 5.06. The zero-order valence-corrected chi connectivity index (χ0v) is 13.6. The van der Waals surface area contributed by atoms with Crippen molar-refractivity contribution in [3.63, 3.8) is 0 Å². The summed E-state index contributed by atoms with van der Waals surface area (Å²) < 4.78 is 0. The molecule has 3 N–H and O–H groups in total. The Balaban J connectivity index is 1.67. The topological polar surface area (TPSA) is 72.2 Å². The van der Waals surface area contributed by atoms with Crippen molar-refractivity contribution in [3.8, 4) is 0 Å². The Morgan fingerprint density at radius 2 is 1.75 bits per heavy atom. The van der Waals surface area contributed by atoms with Crippen LogP contribution in [0.25, 0.3) is 0 Å². The molecule has 24 heavy (non-hydrogen) atoms. The van der Waals surface area contributed by atoms with Gasteiger partial charge < -0.3 is 11.1 Å². The largest absolute Gasteiger partial charge is 0.327 e. The summed E-state index contributed by atoms with van der Waals surface area (Å²) >= 11 is 0. The average molecular weight is 322 g/mol. The molecule has 3 rings (SSSR count). The maximum absolute atomic E-state index is 12.5. The number of nitrogens with one attached hydrogen (secondary N) is 1. The first-order valence-electron chi connectivity index (χ1n) is 8.39. The van der Waals surface area contributed by atoms with Crippen molar-refractivity contribution in [2.75, 3.05) is 5.32 Å². The fourth-order valence-electron chi connectivity index (χ4n) is 3.26. The highest BCUT2D eigenvalue weighted by Crippen LogP contribution is 2.27. The van der Waals surface area contributed by atoms with Gasteiger partial charge in [-0.2, -0.15) is 0 Å². The molecule has 0 radical (unpaired) electrons. The molecular weight excluding hydrogens is 300 g/mol. The summed E-state index contributed by atoms with van der Waals surface area (Å²) in [6, 6.07) is 16.3. The van der Waals surface area contributed by atoms with E-state index in [2.05, 4.69) is 5.32 Å². The number of hydrogen-bond donors (Lipinski definition) is 2. The number of anilines is 1. The molecule has 124 valence electrons. The third kappa shape index (κ3) is 3.89. The number of benzene rings is 2. The molecule has 0 aliphatic heterocycles. The predicted molar refractivity (Wildman–Crippen MR) is 94.9 cm³/mol. The van der Waals surface area contributed by atoms with Crippen molar-refractivity contribution in [2.45, 2.75) is 31.7 Å². The lowest BCUT2D eigenvalue weighted by atomic mass is 9.99. The van der Waals surface area contributed by atoms with E-state index in [-0.39, 0.29) is 23.7 Å². The van der Waals surface area contributed by atoms with E-state index in [0.717, 1.165) is 19.3 Å². The number of carbonyl (C=O) groups excluding carboxylic acids is 2. The van der Waals surface area contributed by atoms with Crippen molar-refractivity contribution in [1.82, 2.24) is 0 Å². The van der Waals surface area contributed by atoms with Crippen LogP contribution < -0.4 is 11.1 Å². The molecule has 1 saturated carbocycles. The van der Waals surface area contributed by atoms with Gasteiger partial charge in [-0.15, -0.1) is 0 Å². The van der Waals surface area contributed by atoms with Gasteiger partial charge in [-0.05, 0) is 30.9 Å².